The van der Waals surface area contributed by atoms with Crippen LogP contribution < -0.4 is 10.6 Å². The number of rotatable bonds is 4. The van der Waals surface area contributed by atoms with E-state index in [4.69, 9.17) is 0 Å². The molecule has 0 radical (unpaired) electrons. The second kappa shape index (κ2) is 8.03. The average molecular weight is 365 g/mol. The zero-order chi connectivity index (χ0) is 19.4. The van der Waals surface area contributed by atoms with Crippen molar-refractivity contribution in [2.75, 3.05) is 17.7 Å². The molecule has 3 rings (SSSR count). The lowest BCUT2D eigenvalue weighted by molar-refractivity contribution is -0.140. The Bertz CT molecular complexity index is 834. The lowest BCUT2D eigenvalue weighted by Crippen LogP contribution is -2.44. The van der Waals surface area contributed by atoms with Gasteiger partial charge in [0, 0.05) is 31.8 Å². The summed E-state index contributed by atoms with van der Waals surface area (Å²) in [5.41, 5.74) is 2.28. The van der Waals surface area contributed by atoms with Crippen molar-refractivity contribution in [3.63, 3.8) is 0 Å². The number of amides is 3. The van der Waals surface area contributed by atoms with Crippen LogP contribution in [-0.2, 0) is 14.4 Å². The van der Waals surface area contributed by atoms with Crippen molar-refractivity contribution in [1.29, 1.82) is 0 Å². The van der Waals surface area contributed by atoms with Crippen LogP contribution in [0, 0.1) is 5.92 Å². The third kappa shape index (κ3) is 4.34. The molecule has 1 aliphatic rings. The molecular weight excluding hydrogens is 342 g/mol. The van der Waals surface area contributed by atoms with Gasteiger partial charge < -0.3 is 15.5 Å². The van der Waals surface area contributed by atoms with Crippen molar-refractivity contribution >= 4 is 29.1 Å². The maximum atomic E-state index is 12.9. The molecule has 6 nitrogen and oxygen atoms in total. The highest BCUT2D eigenvalue weighted by Crippen LogP contribution is 2.36. The second-order valence-corrected chi connectivity index (χ2v) is 6.75. The van der Waals surface area contributed by atoms with Gasteiger partial charge in [-0.1, -0.05) is 30.3 Å². The average Bonchev–Trinajstić information content (AvgIpc) is 2.65. The Morgan fingerprint density at radius 1 is 0.963 bits per heavy atom. The molecule has 1 fully saturated rings. The topological polar surface area (TPSA) is 78.5 Å². The van der Waals surface area contributed by atoms with Crippen molar-refractivity contribution in [3.05, 3.63) is 60.2 Å². The van der Waals surface area contributed by atoms with Crippen LogP contribution >= 0.6 is 0 Å². The lowest BCUT2D eigenvalue weighted by atomic mass is 9.84. The van der Waals surface area contributed by atoms with Crippen molar-refractivity contribution in [3.8, 4) is 0 Å². The summed E-state index contributed by atoms with van der Waals surface area (Å²) in [4.78, 5) is 37.9. The van der Waals surface area contributed by atoms with Gasteiger partial charge in [-0.15, -0.1) is 0 Å². The number of likely N-dealkylation sites (tertiary alicyclic amines) is 1. The Morgan fingerprint density at radius 3 is 2.15 bits per heavy atom. The Morgan fingerprint density at radius 2 is 1.56 bits per heavy atom. The number of carbonyl (C=O) groups excluding carboxylic acids is 3. The fourth-order valence-corrected chi connectivity index (χ4v) is 3.49. The quantitative estimate of drug-likeness (QED) is 0.873. The number of piperidine rings is 1. The summed E-state index contributed by atoms with van der Waals surface area (Å²) in [5.74, 6) is -0.541. The molecule has 140 valence electrons. The minimum Gasteiger partial charge on any atom is -0.338 e. The standard InChI is InChI=1S/C21H23N3O3/c1-14(25)22-16-8-10-17(11-9-16)23-21(27)18-12-13-19(26)24(2)20(18)15-6-4-3-5-7-15/h3-11,18,20H,12-13H2,1-2H3,(H,22,25)(H,23,27)/t18-,20+/m1/s1. The monoisotopic (exact) mass is 365 g/mol. The van der Waals surface area contributed by atoms with Crippen LogP contribution in [0.15, 0.2) is 54.6 Å². The van der Waals surface area contributed by atoms with E-state index in [1.165, 1.54) is 6.92 Å². The minimum atomic E-state index is -0.329. The molecule has 1 aliphatic heterocycles. The van der Waals surface area contributed by atoms with Crippen LogP contribution in [-0.4, -0.2) is 29.7 Å². The molecule has 0 bridgehead atoms. The van der Waals surface area contributed by atoms with E-state index in [0.717, 1.165) is 5.56 Å². The molecule has 2 atom stereocenters. The molecule has 1 saturated heterocycles. The Kier molecular flexibility index (Phi) is 5.54. The largest absolute Gasteiger partial charge is 0.338 e. The van der Waals surface area contributed by atoms with Gasteiger partial charge in [-0.05, 0) is 36.2 Å². The first-order valence-electron chi connectivity index (χ1n) is 8.95. The van der Waals surface area contributed by atoms with Crippen molar-refractivity contribution in [1.82, 2.24) is 4.90 Å². The van der Waals surface area contributed by atoms with Crippen molar-refractivity contribution < 1.29 is 14.4 Å². The van der Waals surface area contributed by atoms with E-state index in [9.17, 15) is 14.4 Å². The molecule has 2 aromatic carbocycles. The molecule has 6 heteroatoms. The number of anilines is 2. The normalized spacial score (nSPS) is 19.5. The smallest absolute Gasteiger partial charge is 0.229 e. The minimum absolute atomic E-state index is 0.0487. The third-order valence-electron chi connectivity index (χ3n) is 4.81. The first kappa shape index (κ1) is 18.6. The highest BCUT2D eigenvalue weighted by molar-refractivity contribution is 5.95. The Balaban J connectivity index is 1.77. The number of hydrogen-bond donors (Lipinski definition) is 2. The molecule has 0 saturated carbocycles. The van der Waals surface area contributed by atoms with E-state index >= 15 is 0 Å². The summed E-state index contributed by atoms with van der Waals surface area (Å²) in [7, 11) is 1.75. The molecular formula is C21H23N3O3. The summed E-state index contributed by atoms with van der Waals surface area (Å²) >= 11 is 0. The van der Waals surface area contributed by atoms with E-state index in [0.29, 0.717) is 24.2 Å². The Hall–Kier alpha value is -3.15. The second-order valence-electron chi connectivity index (χ2n) is 6.75. The number of benzene rings is 2. The number of carbonyl (C=O) groups is 3. The molecule has 2 aromatic rings. The maximum Gasteiger partial charge on any atom is 0.229 e. The predicted molar refractivity (Wildman–Crippen MR) is 104 cm³/mol. The fraction of sp³-hybridized carbons (Fsp3) is 0.286. The zero-order valence-electron chi connectivity index (χ0n) is 15.4. The highest BCUT2D eigenvalue weighted by Gasteiger charge is 2.38. The first-order valence-corrected chi connectivity index (χ1v) is 8.95. The number of nitrogens with zero attached hydrogens (tertiary/aromatic N) is 1. The van der Waals surface area contributed by atoms with Gasteiger partial charge >= 0.3 is 0 Å². The summed E-state index contributed by atoms with van der Waals surface area (Å²) in [5, 5.41) is 5.63. The Labute approximate surface area is 158 Å². The van der Waals surface area contributed by atoms with Gasteiger partial charge in [0.05, 0.1) is 12.0 Å². The molecule has 2 N–H and O–H groups in total. The zero-order valence-corrected chi connectivity index (χ0v) is 15.4. The summed E-state index contributed by atoms with van der Waals surface area (Å²) < 4.78 is 0. The van der Waals surface area contributed by atoms with Gasteiger partial charge in [0.1, 0.15) is 0 Å². The summed E-state index contributed by atoms with van der Waals surface area (Å²) in [6.07, 6.45) is 0.873. The number of nitrogens with one attached hydrogen (secondary N) is 2. The molecule has 27 heavy (non-hydrogen) atoms. The fourth-order valence-electron chi connectivity index (χ4n) is 3.49. The van der Waals surface area contributed by atoms with Crippen LogP contribution in [0.5, 0.6) is 0 Å². The van der Waals surface area contributed by atoms with Gasteiger partial charge in [-0.25, -0.2) is 0 Å². The van der Waals surface area contributed by atoms with Gasteiger partial charge in [0.2, 0.25) is 17.7 Å². The maximum absolute atomic E-state index is 12.9. The van der Waals surface area contributed by atoms with Crippen LogP contribution in [0.3, 0.4) is 0 Å². The van der Waals surface area contributed by atoms with Gasteiger partial charge in [-0.2, -0.15) is 0 Å². The van der Waals surface area contributed by atoms with E-state index in [2.05, 4.69) is 10.6 Å². The predicted octanol–water partition coefficient (Wildman–Crippen LogP) is 3.19. The molecule has 1 heterocycles. The van der Waals surface area contributed by atoms with E-state index in [1.807, 2.05) is 30.3 Å². The molecule has 0 unspecified atom stereocenters. The first-order chi connectivity index (χ1) is 13.0. The lowest BCUT2D eigenvalue weighted by Gasteiger charge is -2.38. The summed E-state index contributed by atoms with van der Waals surface area (Å²) in [6, 6.07) is 16.3. The van der Waals surface area contributed by atoms with Crippen LogP contribution in [0.2, 0.25) is 0 Å². The third-order valence-corrected chi connectivity index (χ3v) is 4.81. The van der Waals surface area contributed by atoms with E-state index in [-0.39, 0.29) is 29.7 Å². The van der Waals surface area contributed by atoms with Crippen LogP contribution in [0.4, 0.5) is 11.4 Å². The van der Waals surface area contributed by atoms with Crippen molar-refractivity contribution in [2.24, 2.45) is 5.92 Å². The highest BCUT2D eigenvalue weighted by atomic mass is 16.2. The van der Waals surface area contributed by atoms with Crippen molar-refractivity contribution in [2.45, 2.75) is 25.8 Å². The molecule has 0 aromatic heterocycles. The van der Waals surface area contributed by atoms with Gasteiger partial charge in [0.25, 0.3) is 0 Å². The molecule has 0 spiro atoms. The SMILES string of the molecule is CC(=O)Nc1ccc(NC(=O)[C@@H]2CCC(=O)N(C)[C@H]2c2ccccc2)cc1. The van der Waals surface area contributed by atoms with Crippen LogP contribution in [0.25, 0.3) is 0 Å². The van der Waals surface area contributed by atoms with Gasteiger partial charge in [-0.3, -0.25) is 14.4 Å². The van der Waals surface area contributed by atoms with E-state index in [1.54, 1.807) is 36.2 Å². The summed E-state index contributed by atoms with van der Waals surface area (Å²) in [6.45, 7) is 1.44. The molecule has 3 amide bonds. The van der Waals surface area contributed by atoms with E-state index < -0.39 is 0 Å². The number of hydrogen-bond acceptors (Lipinski definition) is 3. The van der Waals surface area contributed by atoms with Gasteiger partial charge in [0.15, 0.2) is 0 Å². The van der Waals surface area contributed by atoms with Crippen LogP contribution in [0.1, 0.15) is 31.4 Å². The molecule has 0 aliphatic carbocycles.